The first-order valence-corrected chi connectivity index (χ1v) is 11.3. The van der Waals surface area contributed by atoms with E-state index in [-0.39, 0.29) is 24.3 Å². The van der Waals surface area contributed by atoms with E-state index in [1.165, 1.54) is 11.3 Å². The molecule has 1 atom stereocenters. The first-order valence-electron chi connectivity index (χ1n) is 11.3. The zero-order valence-electron chi connectivity index (χ0n) is 17.9. The summed E-state index contributed by atoms with van der Waals surface area (Å²) in [4.78, 5) is 31.7. The number of imide groups is 1. The molecular formula is C23H33N3O4. The second kappa shape index (κ2) is 9.90. The molecule has 0 saturated carbocycles. The maximum atomic E-state index is 13.1. The van der Waals surface area contributed by atoms with Gasteiger partial charge >= 0.3 is 0 Å². The minimum Gasteiger partial charge on any atom is -0.494 e. The molecule has 3 aliphatic heterocycles. The Labute approximate surface area is 178 Å². The van der Waals surface area contributed by atoms with Crippen molar-refractivity contribution in [3.8, 4) is 5.75 Å². The van der Waals surface area contributed by atoms with Gasteiger partial charge in [-0.25, -0.2) is 4.90 Å². The van der Waals surface area contributed by atoms with Crippen molar-refractivity contribution < 1.29 is 19.1 Å². The number of hydrogen-bond donors (Lipinski definition) is 0. The van der Waals surface area contributed by atoms with Crippen LogP contribution in [-0.4, -0.2) is 80.2 Å². The summed E-state index contributed by atoms with van der Waals surface area (Å²) >= 11 is 0. The van der Waals surface area contributed by atoms with Crippen LogP contribution in [0.25, 0.3) is 0 Å². The van der Waals surface area contributed by atoms with Crippen LogP contribution in [0.2, 0.25) is 0 Å². The first-order chi connectivity index (χ1) is 14.7. The second-order valence-corrected chi connectivity index (χ2v) is 8.44. The number of ether oxygens (including phenoxy) is 2. The number of hydrogen-bond acceptors (Lipinski definition) is 6. The van der Waals surface area contributed by atoms with Gasteiger partial charge in [0.15, 0.2) is 0 Å². The summed E-state index contributed by atoms with van der Waals surface area (Å²) in [6.07, 6.45) is 3.70. The molecule has 164 valence electrons. The predicted octanol–water partition coefficient (Wildman–Crippen LogP) is 2.15. The van der Waals surface area contributed by atoms with E-state index in [1.54, 1.807) is 12.1 Å². The van der Waals surface area contributed by atoms with E-state index in [4.69, 9.17) is 9.47 Å². The number of morpholine rings is 1. The lowest BCUT2D eigenvalue weighted by Crippen LogP contribution is -2.46. The van der Waals surface area contributed by atoms with Crippen LogP contribution >= 0.6 is 0 Å². The van der Waals surface area contributed by atoms with Gasteiger partial charge in [0.25, 0.3) is 5.91 Å². The van der Waals surface area contributed by atoms with E-state index in [0.717, 1.165) is 64.5 Å². The fraction of sp³-hybridized carbons (Fsp3) is 0.652. The standard InChI is InChI=1S/C23H33N3O4/c1-2-30-20-5-3-19(4-6-20)26-22(27)17-21(23(26)28)25-11-8-18(9-12-25)7-10-24-13-15-29-16-14-24/h3-6,18,21H,2,7-17H2,1H3/t21-/m0/s1. The van der Waals surface area contributed by atoms with Gasteiger partial charge in [0.2, 0.25) is 5.91 Å². The summed E-state index contributed by atoms with van der Waals surface area (Å²) < 4.78 is 10.9. The van der Waals surface area contributed by atoms with Crippen LogP contribution in [0.3, 0.4) is 0 Å². The fourth-order valence-electron chi connectivity index (χ4n) is 4.77. The van der Waals surface area contributed by atoms with Crippen molar-refractivity contribution >= 4 is 17.5 Å². The molecule has 2 amide bonds. The molecule has 0 aliphatic carbocycles. The van der Waals surface area contributed by atoms with Gasteiger partial charge in [-0.1, -0.05) is 0 Å². The number of nitrogens with zero attached hydrogens (tertiary/aromatic N) is 3. The molecule has 7 nitrogen and oxygen atoms in total. The quantitative estimate of drug-likeness (QED) is 0.636. The molecule has 3 saturated heterocycles. The molecule has 30 heavy (non-hydrogen) atoms. The summed E-state index contributed by atoms with van der Waals surface area (Å²) in [6, 6.07) is 6.89. The third-order valence-electron chi connectivity index (χ3n) is 6.58. The van der Waals surface area contributed by atoms with Gasteiger partial charge in [-0.05, 0) is 76.0 Å². The average molecular weight is 416 g/mol. The van der Waals surface area contributed by atoms with Crippen LogP contribution in [-0.2, 0) is 14.3 Å². The molecule has 0 N–H and O–H groups in total. The van der Waals surface area contributed by atoms with E-state index < -0.39 is 0 Å². The van der Waals surface area contributed by atoms with Crippen molar-refractivity contribution in [2.24, 2.45) is 5.92 Å². The van der Waals surface area contributed by atoms with Crippen LogP contribution in [0.15, 0.2) is 24.3 Å². The fourth-order valence-corrected chi connectivity index (χ4v) is 4.77. The van der Waals surface area contributed by atoms with Crippen molar-refractivity contribution in [2.75, 3.05) is 57.4 Å². The van der Waals surface area contributed by atoms with Gasteiger partial charge < -0.3 is 9.47 Å². The topological polar surface area (TPSA) is 62.3 Å². The summed E-state index contributed by atoms with van der Waals surface area (Å²) in [5.74, 6) is 1.26. The molecule has 4 rings (SSSR count). The molecule has 3 fully saturated rings. The Bertz CT molecular complexity index is 724. The molecule has 0 unspecified atom stereocenters. The van der Waals surface area contributed by atoms with Gasteiger partial charge in [-0.3, -0.25) is 19.4 Å². The number of piperidine rings is 1. The number of benzene rings is 1. The Morgan fingerprint density at radius 1 is 1.03 bits per heavy atom. The molecule has 0 radical (unpaired) electrons. The number of carbonyl (C=O) groups is 2. The summed E-state index contributed by atoms with van der Waals surface area (Å²) in [5, 5.41) is 0. The molecule has 0 bridgehead atoms. The zero-order chi connectivity index (χ0) is 20.9. The van der Waals surface area contributed by atoms with Crippen molar-refractivity contribution in [3.05, 3.63) is 24.3 Å². The summed E-state index contributed by atoms with van der Waals surface area (Å²) in [5.41, 5.74) is 0.636. The molecule has 7 heteroatoms. The number of anilines is 1. The molecule has 3 aliphatic rings. The Morgan fingerprint density at radius 2 is 1.73 bits per heavy atom. The van der Waals surface area contributed by atoms with Crippen molar-refractivity contribution in [1.82, 2.24) is 9.80 Å². The Hall–Kier alpha value is -1.96. The highest BCUT2D eigenvalue weighted by Gasteiger charge is 2.43. The molecular weight excluding hydrogens is 382 g/mol. The van der Waals surface area contributed by atoms with Crippen molar-refractivity contribution in [2.45, 2.75) is 38.6 Å². The second-order valence-electron chi connectivity index (χ2n) is 8.44. The predicted molar refractivity (Wildman–Crippen MR) is 115 cm³/mol. The van der Waals surface area contributed by atoms with Crippen LogP contribution in [0.4, 0.5) is 5.69 Å². The third kappa shape index (κ3) is 4.85. The molecule has 3 heterocycles. The highest BCUT2D eigenvalue weighted by Crippen LogP contribution is 2.30. The molecule has 0 spiro atoms. The monoisotopic (exact) mass is 415 g/mol. The number of rotatable bonds is 7. The number of likely N-dealkylation sites (tertiary alicyclic amines) is 1. The van der Waals surface area contributed by atoms with Gasteiger partial charge in [0.05, 0.1) is 38.0 Å². The largest absolute Gasteiger partial charge is 0.494 e. The Kier molecular flexibility index (Phi) is 7.02. The van der Waals surface area contributed by atoms with E-state index in [9.17, 15) is 9.59 Å². The highest BCUT2D eigenvalue weighted by atomic mass is 16.5. The maximum Gasteiger partial charge on any atom is 0.251 e. The van der Waals surface area contributed by atoms with Crippen LogP contribution in [0.5, 0.6) is 5.75 Å². The van der Waals surface area contributed by atoms with Crippen LogP contribution < -0.4 is 9.64 Å². The van der Waals surface area contributed by atoms with E-state index >= 15 is 0 Å². The molecule has 0 aromatic heterocycles. The smallest absolute Gasteiger partial charge is 0.251 e. The minimum absolute atomic E-state index is 0.0871. The molecule has 1 aromatic carbocycles. The van der Waals surface area contributed by atoms with Crippen molar-refractivity contribution in [3.63, 3.8) is 0 Å². The SMILES string of the molecule is CCOc1ccc(N2C(=O)C[C@H](N3CCC(CCN4CCOCC4)CC3)C2=O)cc1. The van der Waals surface area contributed by atoms with E-state index in [0.29, 0.717) is 18.2 Å². The lowest BCUT2D eigenvalue weighted by Gasteiger charge is -2.36. The van der Waals surface area contributed by atoms with Gasteiger partial charge in [0, 0.05) is 13.1 Å². The van der Waals surface area contributed by atoms with Crippen LogP contribution in [0.1, 0.15) is 32.6 Å². The van der Waals surface area contributed by atoms with E-state index in [1.807, 2.05) is 19.1 Å². The van der Waals surface area contributed by atoms with Crippen LogP contribution in [0, 0.1) is 5.92 Å². The number of carbonyl (C=O) groups excluding carboxylic acids is 2. The number of amides is 2. The maximum absolute atomic E-state index is 13.1. The normalized spacial score (nSPS) is 24.6. The average Bonchev–Trinajstić information content (AvgIpc) is 3.08. The molecule has 1 aromatic rings. The third-order valence-corrected chi connectivity index (χ3v) is 6.58. The lowest BCUT2D eigenvalue weighted by molar-refractivity contribution is -0.123. The summed E-state index contributed by atoms with van der Waals surface area (Å²) in [7, 11) is 0. The van der Waals surface area contributed by atoms with Gasteiger partial charge in [-0.2, -0.15) is 0 Å². The lowest BCUT2D eigenvalue weighted by atomic mass is 9.92. The Morgan fingerprint density at radius 3 is 2.40 bits per heavy atom. The minimum atomic E-state index is -0.315. The Balaban J connectivity index is 1.29. The van der Waals surface area contributed by atoms with Gasteiger partial charge in [-0.15, -0.1) is 0 Å². The highest BCUT2D eigenvalue weighted by molar-refractivity contribution is 6.22. The zero-order valence-corrected chi connectivity index (χ0v) is 17.9. The van der Waals surface area contributed by atoms with Crippen molar-refractivity contribution in [1.29, 1.82) is 0 Å². The van der Waals surface area contributed by atoms with Gasteiger partial charge in [0.1, 0.15) is 5.75 Å². The summed E-state index contributed by atoms with van der Waals surface area (Å²) in [6.45, 7) is 9.23. The first kappa shape index (κ1) is 21.3. The van der Waals surface area contributed by atoms with E-state index in [2.05, 4.69) is 9.80 Å².